The first-order valence-electron chi connectivity index (χ1n) is 9.68. The second-order valence-corrected chi connectivity index (χ2v) is 8.06. The molecule has 0 radical (unpaired) electrons. The molecule has 2 aromatic rings. The molecule has 0 bridgehead atoms. The number of para-hydroxylation sites is 2. The summed E-state index contributed by atoms with van der Waals surface area (Å²) in [6, 6.07) is 16.1. The Labute approximate surface area is 178 Å². The molecule has 0 saturated carbocycles. The molecule has 1 aliphatic heterocycles. The molecule has 0 saturated heterocycles. The van der Waals surface area contributed by atoms with E-state index in [2.05, 4.69) is 34.7 Å². The average molecular weight is 448 g/mol. The minimum Gasteiger partial charge on any atom is -1.00 e. The molecule has 0 fully saturated rings. The molecule has 0 spiro atoms. The first-order valence-corrected chi connectivity index (χ1v) is 9.68. The van der Waals surface area contributed by atoms with Crippen LogP contribution >= 0.6 is 0 Å². The van der Waals surface area contributed by atoms with Gasteiger partial charge in [-0.25, -0.2) is 0 Å². The van der Waals surface area contributed by atoms with Gasteiger partial charge in [0.2, 0.25) is 6.23 Å². The van der Waals surface area contributed by atoms with Gasteiger partial charge < -0.3 is 26.5 Å². The summed E-state index contributed by atoms with van der Waals surface area (Å²) in [6.07, 6.45) is -0.250. The SMILES string of the molecule is CC(C)[N+](C)(C(C)C)C(C)OC(=O)C1c2ccccc2Oc2ccccc21.[Br-]. The summed E-state index contributed by atoms with van der Waals surface area (Å²) in [6.45, 7) is 10.7. The van der Waals surface area contributed by atoms with E-state index in [1.807, 2.05) is 55.5 Å². The summed E-state index contributed by atoms with van der Waals surface area (Å²) >= 11 is 0. The summed E-state index contributed by atoms with van der Waals surface area (Å²) < 4.78 is 12.7. The molecule has 0 aliphatic carbocycles. The third-order valence-corrected chi connectivity index (χ3v) is 6.21. The molecule has 2 aromatic carbocycles. The van der Waals surface area contributed by atoms with Crippen molar-refractivity contribution in [3.8, 4) is 11.5 Å². The van der Waals surface area contributed by atoms with E-state index in [9.17, 15) is 4.79 Å². The highest BCUT2D eigenvalue weighted by Crippen LogP contribution is 2.44. The highest BCUT2D eigenvalue weighted by atomic mass is 79.9. The summed E-state index contributed by atoms with van der Waals surface area (Å²) in [7, 11) is 2.15. The van der Waals surface area contributed by atoms with Crippen LogP contribution in [0, 0.1) is 0 Å². The number of halogens is 1. The molecular weight excluding hydrogens is 418 g/mol. The molecule has 1 aliphatic rings. The Morgan fingerprint density at radius 3 is 1.75 bits per heavy atom. The molecular formula is C23H30BrNO3. The van der Waals surface area contributed by atoms with Crippen molar-refractivity contribution in [2.24, 2.45) is 0 Å². The molecule has 1 atom stereocenters. The van der Waals surface area contributed by atoms with Gasteiger partial charge in [0.15, 0.2) is 0 Å². The first kappa shape index (κ1) is 22.4. The molecule has 5 heteroatoms. The lowest BCUT2D eigenvalue weighted by Crippen LogP contribution is -3.00. The van der Waals surface area contributed by atoms with Crippen LogP contribution in [0.2, 0.25) is 0 Å². The minimum atomic E-state index is -0.471. The van der Waals surface area contributed by atoms with Gasteiger partial charge in [-0.15, -0.1) is 0 Å². The second kappa shape index (κ2) is 8.66. The van der Waals surface area contributed by atoms with Crippen LogP contribution < -0.4 is 21.7 Å². The maximum Gasteiger partial charge on any atom is 0.322 e. The number of esters is 1. The van der Waals surface area contributed by atoms with Crippen molar-refractivity contribution in [2.45, 2.75) is 58.8 Å². The van der Waals surface area contributed by atoms with Gasteiger partial charge in [-0.2, -0.15) is 0 Å². The largest absolute Gasteiger partial charge is 1.00 e. The number of hydrogen-bond acceptors (Lipinski definition) is 3. The maximum atomic E-state index is 13.3. The number of quaternary nitrogens is 1. The van der Waals surface area contributed by atoms with Gasteiger partial charge in [0.1, 0.15) is 17.4 Å². The smallest absolute Gasteiger partial charge is 0.322 e. The molecule has 0 N–H and O–H groups in total. The number of fused-ring (bicyclic) bond motifs is 2. The summed E-state index contributed by atoms with van der Waals surface area (Å²) in [5.41, 5.74) is 1.72. The summed E-state index contributed by atoms with van der Waals surface area (Å²) in [4.78, 5) is 13.3. The third kappa shape index (κ3) is 3.83. The van der Waals surface area contributed by atoms with E-state index in [-0.39, 0.29) is 29.2 Å². The van der Waals surface area contributed by atoms with Crippen LogP contribution in [0.1, 0.15) is 51.7 Å². The predicted molar refractivity (Wildman–Crippen MR) is 107 cm³/mol. The summed E-state index contributed by atoms with van der Waals surface area (Å²) in [5.74, 6) is 0.740. The van der Waals surface area contributed by atoms with E-state index in [0.717, 1.165) is 22.6 Å². The highest BCUT2D eigenvalue weighted by molar-refractivity contribution is 5.85. The van der Waals surface area contributed by atoms with Crippen molar-refractivity contribution < 1.29 is 35.7 Å². The van der Waals surface area contributed by atoms with Crippen LogP contribution in [0.25, 0.3) is 0 Å². The van der Waals surface area contributed by atoms with Crippen molar-refractivity contribution in [1.29, 1.82) is 0 Å². The van der Waals surface area contributed by atoms with Crippen molar-refractivity contribution in [1.82, 2.24) is 0 Å². The fourth-order valence-electron chi connectivity index (χ4n) is 3.95. The van der Waals surface area contributed by atoms with Crippen LogP contribution in [-0.2, 0) is 9.53 Å². The van der Waals surface area contributed by atoms with E-state index < -0.39 is 5.92 Å². The fraction of sp³-hybridized carbons (Fsp3) is 0.435. The number of benzene rings is 2. The number of rotatable bonds is 5. The molecule has 0 amide bonds. The average Bonchev–Trinajstić information content (AvgIpc) is 2.64. The zero-order valence-electron chi connectivity index (χ0n) is 17.5. The second-order valence-electron chi connectivity index (χ2n) is 8.06. The Kier molecular flexibility index (Phi) is 6.94. The van der Waals surface area contributed by atoms with Crippen molar-refractivity contribution in [2.75, 3.05) is 7.05 Å². The normalized spacial score (nSPS) is 14.6. The van der Waals surface area contributed by atoms with Crippen LogP contribution in [-0.4, -0.2) is 35.8 Å². The van der Waals surface area contributed by atoms with Gasteiger partial charge in [-0.3, -0.25) is 9.28 Å². The zero-order chi connectivity index (χ0) is 19.8. The number of hydrogen-bond donors (Lipinski definition) is 0. The van der Waals surface area contributed by atoms with E-state index in [1.54, 1.807) is 0 Å². The molecule has 152 valence electrons. The Bertz CT molecular complexity index is 781. The van der Waals surface area contributed by atoms with Gasteiger partial charge in [0, 0.05) is 18.1 Å². The summed E-state index contributed by atoms with van der Waals surface area (Å²) in [5, 5.41) is 0. The lowest BCUT2D eigenvalue weighted by molar-refractivity contribution is -0.986. The quantitative estimate of drug-likeness (QED) is 0.399. The Balaban J connectivity index is 0.00000280. The van der Waals surface area contributed by atoms with Gasteiger partial charge >= 0.3 is 5.97 Å². The molecule has 1 heterocycles. The molecule has 1 unspecified atom stereocenters. The maximum absolute atomic E-state index is 13.3. The van der Waals surface area contributed by atoms with Crippen LogP contribution in [0.15, 0.2) is 48.5 Å². The standard InChI is InChI=1S/C23H30NO3.BrH/c1-15(2)24(6,16(3)4)17(5)26-23(25)22-18-11-7-9-13-20(18)27-21-14-10-8-12-19(21)22;/h7-17,22H,1-6H3;1H/q+1;/p-1. The van der Waals surface area contributed by atoms with Gasteiger partial charge in [-0.1, -0.05) is 36.4 Å². The van der Waals surface area contributed by atoms with Crippen LogP contribution in [0.4, 0.5) is 0 Å². The Hall–Kier alpha value is -1.85. The zero-order valence-corrected chi connectivity index (χ0v) is 19.1. The van der Waals surface area contributed by atoms with Crippen molar-refractivity contribution in [3.05, 3.63) is 59.7 Å². The number of carbonyl (C=O) groups excluding carboxylic acids is 1. The van der Waals surface area contributed by atoms with Crippen molar-refractivity contribution >= 4 is 5.97 Å². The number of ether oxygens (including phenoxy) is 2. The molecule has 28 heavy (non-hydrogen) atoms. The van der Waals surface area contributed by atoms with E-state index in [4.69, 9.17) is 9.47 Å². The molecule has 0 aromatic heterocycles. The first-order chi connectivity index (χ1) is 12.8. The lowest BCUT2D eigenvalue weighted by atomic mass is 9.88. The monoisotopic (exact) mass is 447 g/mol. The Morgan fingerprint density at radius 1 is 0.893 bits per heavy atom. The Morgan fingerprint density at radius 2 is 1.32 bits per heavy atom. The molecule has 4 nitrogen and oxygen atoms in total. The van der Waals surface area contributed by atoms with Crippen LogP contribution in [0.3, 0.4) is 0 Å². The number of carbonyl (C=O) groups is 1. The van der Waals surface area contributed by atoms with Gasteiger partial charge in [0.05, 0.1) is 19.1 Å². The fourth-order valence-corrected chi connectivity index (χ4v) is 3.95. The van der Waals surface area contributed by atoms with Gasteiger partial charge in [-0.05, 0) is 39.8 Å². The van der Waals surface area contributed by atoms with E-state index in [1.165, 1.54) is 0 Å². The van der Waals surface area contributed by atoms with E-state index in [0.29, 0.717) is 16.6 Å². The number of nitrogens with zero attached hydrogens (tertiary/aromatic N) is 1. The lowest BCUT2D eigenvalue weighted by Gasteiger charge is -2.46. The van der Waals surface area contributed by atoms with Crippen LogP contribution in [0.5, 0.6) is 11.5 Å². The molecule has 3 rings (SSSR count). The predicted octanol–water partition coefficient (Wildman–Crippen LogP) is 2.08. The van der Waals surface area contributed by atoms with Crippen molar-refractivity contribution in [3.63, 3.8) is 0 Å². The van der Waals surface area contributed by atoms with Gasteiger partial charge in [0.25, 0.3) is 0 Å². The van der Waals surface area contributed by atoms with E-state index >= 15 is 0 Å². The highest BCUT2D eigenvalue weighted by Gasteiger charge is 2.41. The third-order valence-electron chi connectivity index (χ3n) is 6.21. The topological polar surface area (TPSA) is 35.5 Å². The minimum absolute atomic E-state index is 0.